The molecule has 3 aromatic carbocycles. The highest BCUT2D eigenvalue weighted by Gasteiger charge is 2.52. The zero-order chi connectivity index (χ0) is 33.8. The fourth-order valence-electron chi connectivity index (χ4n) is 6.14. The smallest absolute Gasteiger partial charge is 0.297 e. The lowest BCUT2D eigenvalue weighted by molar-refractivity contribution is -0.139. The number of allylic oxidation sites excluding steroid dienone is 1. The number of ether oxygens (including phenoxy) is 1. The topological polar surface area (TPSA) is 123 Å². The van der Waals surface area contributed by atoms with E-state index in [2.05, 4.69) is 26.2 Å². The fraction of sp³-hybridized carbons (Fsp3) is 0.243. The van der Waals surface area contributed by atoms with Gasteiger partial charge < -0.3 is 19.8 Å². The Hall–Kier alpha value is -4.84. The summed E-state index contributed by atoms with van der Waals surface area (Å²) in [5, 5.41) is 30.6. The van der Waals surface area contributed by atoms with E-state index in [1.807, 2.05) is 92.0 Å². The summed E-state index contributed by atoms with van der Waals surface area (Å²) in [6.45, 7) is 2.55. The number of halogens is 1. The molecule has 0 saturated heterocycles. The molecule has 1 unspecified atom stereocenters. The van der Waals surface area contributed by atoms with Gasteiger partial charge in [-0.3, -0.25) is 18.8 Å². The van der Waals surface area contributed by atoms with Crippen molar-refractivity contribution in [3.05, 3.63) is 147 Å². The van der Waals surface area contributed by atoms with E-state index in [1.165, 1.54) is 11.7 Å². The number of rotatable bonds is 12. The van der Waals surface area contributed by atoms with Crippen molar-refractivity contribution >= 4 is 27.5 Å². The second-order valence-corrected chi connectivity index (χ2v) is 12.7. The van der Waals surface area contributed by atoms with Crippen molar-refractivity contribution in [2.75, 3.05) is 18.6 Å². The number of carbonyl (C=O) groups is 1. The molecule has 11 heteroatoms. The molecule has 2 N–H and O–H groups in total. The molecule has 10 nitrogen and oxygen atoms in total. The molecule has 5 aromatic rings. The van der Waals surface area contributed by atoms with Gasteiger partial charge in [0, 0.05) is 40.6 Å². The first-order valence-electron chi connectivity index (χ1n) is 15.7. The van der Waals surface area contributed by atoms with Crippen molar-refractivity contribution in [1.29, 1.82) is 0 Å². The number of methoxy groups -OCH3 is 1. The molecule has 0 radical (unpaired) electrons. The van der Waals surface area contributed by atoms with Crippen LogP contribution in [-0.4, -0.2) is 49.4 Å². The maximum Gasteiger partial charge on any atom is 0.297 e. The minimum absolute atomic E-state index is 0.0721. The molecule has 1 aliphatic heterocycles. The predicted molar refractivity (Wildman–Crippen MR) is 186 cm³/mol. The van der Waals surface area contributed by atoms with E-state index in [1.54, 1.807) is 34.0 Å². The molecule has 3 heterocycles. The van der Waals surface area contributed by atoms with Gasteiger partial charge in [0.25, 0.3) is 11.5 Å². The van der Waals surface area contributed by atoms with Crippen LogP contribution in [0.1, 0.15) is 41.6 Å². The van der Waals surface area contributed by atoms with Gasteiger partial charge in [0.05, 0.1) is 37.6 Å². The van der Waals surface area contributed by atoms with E-state index in [0.29, 0.717) is 35.6 Å². The molecule has 1 aliphatic rings. The zero-order valence-electron chi connectivity index (χ0n) is 26.6. The number of anilines is 1. The van der Waals surface area contributed by atoms with E-state index < -0.39 is 17.4 Å². The van der Waals surface area contributed by atoms with Gasteiger partial charge >= 0.3 is 0 Å². The summed E-state index contributed by atoms with van der Waals surface area (Å²) in [5.41, 5.74) is 2.32. The minimum Gasteiger partial charge on any atom is -0.491 e. The first-order valence-corrected chi connectivity index (χ1v) is 16.5. The lowest BCUT2D eigenvalue weighted by Crippen LogP contribution is -2.44. The average molecular weight is 711 g/mol. The molecule has 2 aromatic heterocycles. The molecule has 246 valence electrons. The zero-order valence-corrected chi connectivity index (χ0v) is 28.2. The Balaban J connectivity index is 1.16. The second kappa shape index (κ2) is 14.1. The number of amides is 1. The van der Waals surface area contributed by atoms with Gasteiger partial charge in [-0.15, -0.1) is 5.10 Å². The molecule has 0 bridgehead atoms. The number of benzene rings is 3. The molecule has 0 saturated carbocycles. The number of aliphatic hydroxyl groups is 2. The minimum atomic E-state index is -1.77. The van der Waals surface area contributed by atoms with Gasteiger partial charge in [-0.25, -0.2) is 0 Å². The Morgan fingerprint density at radius 3 is 2.52 bits per heavy atom. The largest absolute Gasteiger partial charge is 0.491 e. The summed E-state index contributed by atoms with van der Waals surface area (Å²) in [7, 11) is 1.46. The first kappa shape index (κ1) is 33.1. The van der Waals surface area contributed by atoms with Gasteiger partial charge in [-0.1, -0.05) is 82.7 Å². The third-order valence-electron chi connectivity index (χ3n) is 8.83. The quantitative estimate of drug-likeness (QED) is 0.168. The number of nitrogens with zero attached hydrogens (tertiary/aromatic N) is 5. The number of hydrogen-bond donors (Lipinski definition) is 2. The number of hydrogen-bond acceptors (Lipinski definition) is 7. The highest BCUT2D eigenvalue weighted by Crippen LogP contribution is 2.46. The van der Waals surface area contributed by atoms with E-state index >= 15 is 0 Å². The summed E-state index contributed by atoms with van der Waals surface area (Å²) >= 11 is 3.51. The lowest BCUT2D eigenvalue weighted by Gasteiger charge is -2.27. The van der Waals surface area contributed by atoms with E-state index in [0.717, 1.165) is 15.6 Å². The normalized spacial score (nSPS) is 17.1. The van der Waals surface area contributed by atoms with Crippen molar-refractivity contribution in [2.24, 2.45) is 5.92 Å². The average Bonchev–Trinajstić information content (AvgIpc) is 3.65. The molecule has 6 rings (SSSR count). The van der Waals surface area contributed by atoms with Crippen LogP contribution in [0.3, 0.4) is 0 Å². The van der Waals surface area contributed by atoms with Crippen molar-refractivity contribution in [3.63, 3.8) is 0 Å². The van der Waals surface area contributed by atoms with Gasteiger partial charge in [0.1, 0.15) is 0 Å². The molecular weight excluding hydrogens is 674 g/mol. The van der Waals surface area contributed by atoms with Crippen molar-refractivity contribution in [2.45, 2.75) is 38.0 Å². The van der Waals surface area contributed by atoms with Gasteiger partial charge in [0.15, 0.2) is 11.4 Å². The van der Waals surface area contributed by atoms with Gasteiger partial charge in [0.2, 0.25) is 0 Å². The molecule has 1 amide bonds. The van der Waals surface area contributed by atoms with Crippen LogP contribution in [0.5, 0.6) is 5.75 Å². The Kier molecular flexibility index (Phi) is 9.72. The van der Waals surface area contributed by atoms with Crippen molar-refractivity contribution in [3.8, 4) is 11.4 Å². The molecule has 3 atom stereocenters. The monoisotopic (exact) mass is 709 g/mol. The molecule has 48 heavy (non-hydrogen) atoms. The number of aromatic nitrogens is 4. The summed E-state index contributed by atoms with van der Waals surface area (Å²) in [4.78, 5) is 28.3. The van der Waals surface area contributed by atoms with E-state index in [9.17, 15) is 19.8 Å². The van der Waals surface area contributed by atoms with Crippen LogP contribution in [0.2, 0.25) is 0 Å². The maximum absolute atomic E-state index is 14.0. The lowest BCUT2D eigenvalue weighted by atomic mass is 9.83. The summed E-state index contributed by atoms with van der Waals surface area (Å²) in [5.74, 6) is -0.945. The van der Waals surface area contributed by atoms with E-state index in [4.69, 9.17) is 4.74 Å². The highest BCUT2D eigenvalue weighted by atomic mass is 79.9. The molecule has 0 fully saturated rings. The Bertz CT molecular complexity index is 1990. The van der Waals surface area contributed by atoms with Gasteiger partial charge in [-0.2, -0.15) is 0 Å². The van der Waals surface area contributed by atoms with Crippen molar-refractivity contribution < 1.29 is 19.7 Å². The highest BCUT2D eigenvalue weighted by molar-refractivity contribution is 9.10. The number of aliphatic hydroxyl groups excluding tert-OH is 1. The first-order chi connectivity index (χ1) is 23.2. The Morgan fingerprint density at radius 1 is 1.02 bits per heavy atom. The van der Waals surface area contributed by atoms with Crippen LogP contribution in [-0.2, 0) is 23.5 Å². The van der Waals surface area contributed by atoms with Crippen molar-refractivity contribution in [1.82, 2.24) is 19.6 Å². The van der Waals surface area contributed by atoms with Crippen LogP contribution in [0.4, 0.5) is 5.69 Å². The van der Waals surface area contributed by atoms with Crippen LogP contribution < -0.4 is 15.2 Å². The van der Waals surface area contributed by atoms with Crippen LogP contribution >= 0.6 is 15.9 Å². The molecular formula is C37H36BrN5O5. The standard InChI is InChI=1S/C37H36BrN5O5/c1-25(9-6-7-19-41-23-32(39-40-41)30(24-44)27-10-4-3-5-11-27)37(47)31-21-28(38)15-18-33(31)43(36(37)46)22-26-13-16-29(17-14-26)42-20-8-12-34(48-2)35(42)45/h3-6,8-18,20-21,23,25,30,44,47H,7,19,22,24H2,1-2H3/b9-6+/t25-,30?,37+/m0/s1. The van der Waals surface area contributed by atoms with Gasteiger partial charge in [-0.05, 0) is 60.0 Å². The van der Waals surface area contributed by atoms with Crippen LogP contribution in [0.25, 0.3) is 5.69 Å². The maximum atomic E-state index is 14.0. The summed E-state index contributed by atoms with van der Waals surface area (Å²) < 4.78 is 9.16. The van der Waals surface area contributed by atoms with Crippen LogP contribution in [0, 0.1) is 5.92 Å². The predicted octanol–water partition coefficient (Wildman–Crippen LogP) is 5.34. The number of carbonyl (C=O) groups excluding carboxylic acids is 1. The van der Waals surface area contributed by atoms with E-state index in [-0.39, 0.29) is 30.4 Å². The number of aryl methyl sites for hydroxylation is 1. The van der Waals surface area contributed by atoms with Crippen LogP contribution in [0.15, 0.2) is 119 Å². The summed E-state index contributed by atoms with van der Waals surface area (Å²) in [6.07, 6.45) is 7.92. The molecule has 0 spiro atoms. The Labute approximate surface area is 286 Å². The number of fused-ring (bicyclic) bond motifs is 1. The second-order valence-electron chi connectivity index (χ2n) is 11.8. The summed E-state index contributed by atoms with van der Waals surface area (Å²) in [6, 6.07) is 25.9. The Morgan fingerprint density at radius 2 is 1.79 bits per heavy atom. The SMILES string of the molecule is COc1cccn(-c2ccc(CN3C(=O)[C@@](O)([C@@H](C)/C=C/CCn4cc(C(CO)c5ccccc5)nn4)c4cc(Br)ccc43)cc2)c1=O. The number of pyridine rings is 1. The fourth-order valence-corrected chi connectivity index (χ4v) is 6.50. The molecule has 0 aliphatic carbocycles. The third kappa shape index (κ3) is 6.36. The third-order valence-corrected chi connectivity index (χ3v) is 9.32.